The normalized spacial score (nSPS) is 11.0. The van der Waals surface area contributed by atoms with Gasteiger partial charge < -0.3 is 23.4 Å². The van der Waals surface area contributed by atoms with Crippen molar-refractivity contribution in [2.24, 2.45) is 0 Å². The molecule has 0 atom stereocenters. The predicted octanol–water partition coefficient (Wildman–Crippen LogP) is 4.79. The van der Waals surface area contributed by atoms with Crippen LogP contribution < -0.4 is 19.8 Å². The van der Waals surface area contributed by atoms with Gasteiger partial charge in [-0.3, -0.25) is 0 Å². The molecule has 0 radical (unpaired) electrons. The molecule has 0 aliphatic carbocycles. The Morgan fingerprint density at radius 3 is 2.28 bits per heavy atom. The molecule has 0 bridgehead atoms. The summed E-state index contributed by atoms with van der Waals surface area (Å²) in [7, 11) is 4.53. The van der Waals surface area contributed by atoms with Crippen LogP contribution in [0.3, 0.4) is 0 Å². The van der Waals surface area contributed by atoms with E-state index < -0.39 is 11.6 Å². The zero-order valence-corrected chi connectivity index (χ0v) is 18.9. The molecule has 7 nitrogen and oxygen atoms in total. The van der Waals surface area contributed by atoms with Gasteiger partial charge in [0.05, 0.1) is 21.3 Å². The quantitative estimate of drug-likeness (QED) is 0.272. The maximum Gasteiger partial charge on any atom is 0.336 e. The molecule has 0 aliphatic rings. The molecular formula is C24H23ClO7. The average Bonchev–Trinajstić information content (AvgIpc) is 2.80. The molecule has 0 fully saturated rings. The van der Waals surface area contributed by atoms with E-state index in [0.717, 1.165) is 5.56 Å². The first kappa shape index (κ1) is 23.2. The van der Waals surface area contributed by atoms with Gasteiger partial charge in [0, 0.05) is 28.1 Å². The number of esters is 1. The van der Waals surface area contributed by atoms with Crippen LogP contribution in [0.25, 0.3) is 17.0 Å². The lowest BCUT2D eigenvalue weighted by Gasteiger charge is -2.12. The Kier molecular flexibility index (Phi) is 7.43. The van der Waals surface area contributed by atoms with Crippen LogP contribution in [-0.2, 0) is 22.6 Å². The summed E-state index contributed by atoms with van der Waals surface area (Å²) in [5.41, 5.74) is 1.90. The second-order valence-corrected chi connectivity index (χ2v) is 7.19. The summed E-state index contributed by atoms with van der Waals surface area (Å²) >= 11 is 6.30. The van der Waals surface area contributed by atoms with Crippen molar-refractivity contribution in [3.8, 4) is 17.2 Å². The Morgan fingerprint density at radius 1 is 1.00 bits per heavy atom. The van der Waals surface area contributed by atoms with Gasteiger partial charge in [0.25, 0.3) is 0 Å². The molecule has 3 rings (SSSR count). The van der Waals surface area contributed by atoms with Crippen molar-refractivity contribution in [2.75, 3.05) is 21.3 Å². The van der Waals surface area contributed by atoms with Gasteiger partial charge >= 0.3 is 11.6 Å². The lowest BCUT2D eigenvalue weighted by Crippen LogP contribution is -2.06. The zero-order chi connectivity index (χ0) is 23.3. The van der Waals surface area contributed by atoms with E-state index in [1.54, 1.807) is 30.3 Å². The van der Waals surface area contributed by atoms with Gasteiger partial charge in [-0.15, -0.1) is 0 Å². The Bertz CT molecular complexity index is 1200. The third-order valence-electron chi connectivity index (χ3n) is 4.85. The molecule has 0 amide bonds. The zero-order valence-electron chi connectivity index (χ0n) is 18.2. The third-order valence-corrected chi connectivity index (χ3v) is 5.20. The van der Waals surface area contributed by atoms with Crippen LogP contribution in [0.5, 0.6) is 17.2 Å². The van der Waals surface area contributed by atoms with Gasteiger partial charge in [0.1, 0.15) is 12.2 Å². The summed E-state index contributed by atoms with van der Waals surface area (Å²) in [6.07, 6.45) is 3.54. The van der Waals surface area contributed by atoms with E-state index in [-0.39, 0.29) is 6.61 Å². The van der Waals surface area contributed by atoms with Gasteiger partial charge in [-0.05, 0) is 47.9 Å². The average molecular weight is 459 g/mol. The van der Waals surface area contributed by atoms with Gasteiger partial charge in [0.2, 0.25) is 5.75 Å². The molecule has 0 saturated heterocycles. The minimum atomic E-state index is -0.587. The van der Waals surface area contributed by atoms with Crippen LogP contribution in [-0.4, -0.2) is 27.3 Å². The number of methoxy groups -OCH3 is 3. The number of benzene rings is 2. The summed E-state index contributed by atoms with van der Waals surface area (Å²) in [6, 6.07) is 8.14. The lowest BCUT2D eigenvalue weighted by atomic mass is 10.1. The van der Waals surface area contributed by atoms with Crippen molar-refractivity contribution in [3.05, 3.63) is 68.5 Å². The SMILES string of the molecule is CCc1cc2oc(=O)cc(COC(=O)/C=C/c3cc(OC)c(OC)c(OC)c3)c2cc1Cl. The molecule has 168 valence electrons. The molecule has 2 aromatic carbocycles. The van der Waals surface area contributed by atoms with Crippen molar-refractivity contribution in [3.63, 3.8) is 0 Å². The van der Waals surface area contributed by atoms with Crippen LogP contribution in [0, 0.1) is 0 Å². The number of ether oxygens (including phenoxy) is 4. The fourth-order valence-corrected chi connectivity index (χ4v) is 3.54. The fourth-order valence-electron chi connectivity index (χ4n) is 3.24. The van der Waals surface area contributed by atoms with Crippen molar-refractivity contribution in [1.82, 2.24) is 0 Å². The van der Waals surface area contributed by atoms with Gasteiger partial charge in [-0.1, -0.05) is 18.5 Å². The number of hydrogen-bond donors (Lipinski definition) is 0. The first-order valence-corrected chi connectivity index (χ1v) is 10.2. The molecule has 0 unspecified atom stereocenters. The monoisotopic (exact) mass is 458 g/mol. The number of fused-ring (bicyclic) bond motifs is 1. The van der Waals surface area contributed by atoms with Crippen LogP contribution in [0.2, 0.25) is 5.02 Å². The first-order valence-electron chi connectivity index (χ1n) is 9.80. The van der Waals surface area contributed by atoms with Crippen molar-refractivity contribution in [2.45, 2.75) is 20.0 Å². The molecule has 0 spiro atoms. The molecule has 0 saturated carbocycles. The number of aryl methyl sites for hydroxylation is 1. The molecule has 0 aliphatic heterocycles. The van der Waals surface area contributed by atoms with Crippen molar-refractivity contribution in [1.29, 1.82) is 0 Å². The van der Waals surface area contributed by atoms with Crippen LogP contribution >= 0.6 is 11.6 Å². The van der Waals surface area contributed by atoms with E-state index in [0.29, 0.717) is 50.8 Å². The summed E-state index contributed by atoms with van der Waals surface area (Å²) in [4.78, 5) is 24.2. The lowest BCUT2D eigenvalue weighted by molar-refractivity contribution is -0.138. The highest BCUT2D eigenvalue weighted by atomic mass is 35.5. The number of rotatable bonds is 8. The second-order valence-electron chi connectivity index (χ2n) is 6.78. The minimum absolute atomic E-state index is 0.109. The molecule has 8 heteroatoms. The van der Waals surface area contributed by atoms with Crippen molar-refractivity contribution >= 4 is 34.6 Å². The molecule has 3 aromatic rings. The van der Waals surface area contributed by atoms with Crippen LogP contribution in [0.1, 0.15) is 23.6 Å². The highest BCUT2D eigenvalue weighted by Crippen LogP contribution is 2.38. The molecular weight excluding hydrogens is 436 g/mol. The van der Waals surface area contributed by atoms with Crippen LogP contribution in [0.15, 0.2) is 45.6 Å². The maximum atomic E-state index is 12.3. The smallest absolute Gasteiger partial charge is 0.336 e. The molecule has 1 heterocycles. The number of halogens is 1. The molecule has 1 aromatic heterocycles. The van der Waals surface area contributed by atoms with E-state index in [1.165, 1.54) is 33.5 Å². The van der Waals surface area contributed by atoms with Crippen LogP contribution in [0.4, 0.5) is 0 Å². The second kappa shape index (κ2) is 10.2. The summed E-state index contributed by atoms with van der Waals surface area (Å²) in [5, 5.41) is 1.18. The van der Waals surface area contributed by atoms with Gasteiger partial charge in [-0.25, -0.2) is 9.59 Å². The Labute approximate surface area is 190 Å². The topological polar surface area (TPSA) is 84.2 Å². The number of hydrogen-bond acceptors (Lipinski definition) is 7. The fraction of sp³-hybridized carbons (Fsp3) is 0.250. The summed E-state index contributed by atoms with van der Waals surface area (Å²) in [5.74, 6) is 0.794. The molecule has 32 heavy (non-hydrogen) atoms. The molecule has 0 N–H and O–H groups in total. The first-order chi connectivity index (χ1) is 15.4. The van der Waals surface area contributed by atoms with Gasteiger partial charge in [-0.2, -0.15) is 0 Å². The van der Waals surface area contributed by atoms with E-state index in [1.807, 2.05) is 6.92 Å². The predicted molar refractivity (Wildman–Crippen MR) is 122 cm³/mol. The standard InChI is InChI=1S/C24H23ClO7/c1-5-15-10-19-17(12-18(15)25)16(11-23(27)32-19)13-31-22(26)7-6-14-8-20(28-2)24(30-4)21(9-14)29-3/h6-12H,5,13H2,1-4H3/b7-6+. The summed E-state index contributed by atoms with van der Waals surface area (Å²) in [6.45, 7) is 1.85. The Morgan fingerprint density at radius 2 is 1.69 bits per heavy atom. The van der Waals surface area contributed by atoms with E-state index in [9.17, 15) is 9.59 Å². The number of carbonyl (C=O) groups excluding carboxylic acids is 1. The van der Waals surface area contributed by atoms with E-state index in [2.05, 4.69) is 0 Å². The van der Waals surface area contributed by atoms with E-state index in [4.69, 9.17) is 35.0 Å². The van der Waals surface area contributed by atoms with Crippen molar-refractivity contribution < 1.29 is 28.2 Å². The van der Waals surface area contributed by atoms with Gasteiger partial charge in [0.15, 0.2) is 11.5 Å². The Balaban J connectivity index is 1.79. The minimum Gasteiger partial charge on any atom is -0.493 e. The number of carbonyl (C=O) groups is 1. The Hall–Kier alpha value is -3.45. The maximum absolute atomic E-state index is 12.3. The third kappa shape index (κ3) is 5.06. The van der Waals surface area contributed by atoms with E-state index >= 15 is 0 Å². The largest absolute Gasteiger partial charge is 0.493 e. The highest BCUT2D eigenvalue weighted by molar-refractivity contribution is 6.32. The summed E-state index contributed by atoms with van der Waals surface area (Å²) < 4.78 is 26.5. The highest BCUT2D eigenvalue weighted by Gasteiger charge is 2.13.